The molecule has 42 heavy (non-hydrogen) atoms. The van der Waals surface area contributed by atoms with Crippen LogP contribution in [0.25, 0.3) is 0 Å². The highest BCUT2D eigenvalue weighted by Crippen LogP contribution is 2.37. The summed E-state index contributed by atoms with van der Waals surface area (Å²) in [7, 11) is -1.07. The minimum Gasteiger partial charge on any atom is -0.497 e. The van der Waals surface area contributed by atoms with Crippen molar-refractivity contribution in [2.75, 3.05) is 25.1 Å². The molecule has 4 rings (SSSR count). The van der Waals surface area contributed by atoms with Crippen molar-refractivity contribution in [3.05, 3.63) is 112 Å². The number of nitrogens with one attached hydrogen (secondary N) is 1. The van der Waals surface area contributed by atoms with Gasteiger partial charge >= 0.3 is 0 Å². The van der Waals surface area contributed by atoms with Crippen LogP contribution in [0.5, 0.6) is 17.2 Å². The lowest BCUT2D eigenvalue weighted by Gasteiger charge is -2.23. The molecule has 4 aromatic carbocycles. The molecule has 4 aromatic rings. The molecule has 0 fully saturated rings. The van der Waals surface area contributed by atoms with Gasteiger partial charge in [0.15, 0.2) is 11.5 Å². The van der Waals surface area contributed by atoms with Gasteiger partial charge in [0.2, 0.25) is 0 Å². The van der Waals surface area contributed by atoms with Crippen LogP contribution in [0.3, 0.4) is 0 Å². The Morgan fingerprint density at radius 1 is 0.976 bits per heavy atom. The van der Waals surface area contributed by atoms with Crippen LogP contribution in [0, 0.1) is 0 Å². The number of amides is 1. The van der Waals surface area contributed by atoms with Crippen LogP contribution in [0.4, 0.5) is 5.69 Å². The first-order valence-electron chi connectivity index (χ1n) is 12.5. The predicted molar refractivity (Wildman–Crippen MR) is 166 cm³/mol. The summed E-state index contributed by atoms with van der Waals surface area (Å²) in [4.78, 5) is 12.9. The molecule has 0 saturated carbocycles. The number of para-hydroxylation sites is 1. The summed E-state index contributed by atoms with van der Waals surface area (Å²) in [5, 5.41) is 4.66. The summed E-state index contributed by atoms with van der Waals surface area (Å²) >= 11 is 9.45. The Balaban J connectivity index is 1.47. The first-order chi connectivity index (χ1) is 20.2. The number of carbonyl (C=O) groups is 1. The van der Waals surface area contributed by atoms with Gasteiger partial charge in [-0.2, -0.15) is 5.10 Å². The molecule has 9 nitrogen and oxygen atoms in total. The Bertz CT molecular complexity index is 1650. The Morgan fingerprint density at radius 3 is 2.31 bits per heavy atom. The third-order valence-corrected chi connectivity index (χ3v) is 8.56. The van der Waals surface area contributed by atoms with E-state index in [2.05, 4.69) is 26.5 Å². The Morgan fingerprint density at radius 2 is 1.67 bits per heavy atom. The molecule has 0 aliphatic heterocycles. The number of rotatable bonds is 12. The number of nitrogens with zero attached hydrogens (tertiary/aromatic N) is 2. The summed E-state index contributed by atoms with van der Waals surface area (Å²) in [5.41, 5.74) is 4.26. The fourth-order valence-electron chi connectivity index (χ4n) is 3.82. The highest BCUT2D eigenvalue weighted by Gasteiger charge is 2.27. The Hall–Kier alpha value is -4.06. The SMILES string of the molecule is COc1ccc(S(=O)(=O)N(CC(=O)N/N=C\c2cc(Br)c(OCc3ccc(Cl)cc3)c(OC)c2)c2ccccc2)cc1. The maximum atomic E-state index is 13.5. The van der Waals surface area contributed by atoms with Gasteiger partial charge in [-0.25, -0.2) is 13.8 Å². The van der Waals surface area contributed by atoms with Gasteiger partial charge < -0.3 is 14.2 Å². The minimum atomic E-state index is -4.08. The highest BCUT2D eigenvalue weighted by atomic mass is 79.9. The van der Waals surface area contributed by atoms with Gasteiger partial charge in [-0.15, -0.1) is 0 Å². The topological polar surface area (TPSA) is 107 Å². The number of anilines is 1. The van der Waals surface area contributed by atoms with Crippen LogP contribution in [0.2, 0.25) is 5.02 Å². The van der Waals surface area contributed by atoms with Gasteiger partial charge in [-0.05, 0) is 87.7 Å². The lowest BCUT2D eigenvalue weighted by atomic mass is 10.2. The molecule has 0 radical (unpaired) electrons. The van der Waals surface area contributed by atoms with Crippen molar-refractivity contribution in [2.45, 2.75) is 11.5 Å². The van der Waals surface area contributed by atoms with E-state index in [1.807, 2.05) is 12.1 Å². The van der Waals surface area contributed by atoms with E-state index in [9.17, 15) is 13.2 Å². The Labute approximate surface area is 257 Å². The standard InChI is InChI=1S/C30H27BrClN3O6S/c1-39-25-12-14-26(15-13-25)42(37,38)35(24-6-4-3-5-7-24)19-29(36)34-33-18-22-16-27(31)30(28(17-22)40-2)41-20-21-8-10-23(32)11-9-21/h3-18H,19-20H2,1-2H3,(H,34,36)/b33-18-. The van der Waals surface area contributed by atoms with Crippen molar-refractivity contribution >= 4 is 55.4 Å². The molecule has 218 valence electrons. The zero-order chi connectivity index (χ0) is 30.1. The van der Waals surface area contributed by atoms with Gasteiger partial charge in [0.1, 0.15) is 18.9 Å². The molecule has 0 saturated heterocycles. The molecule has 12 heteroatoms. The van der Waals surface area contributed by atoms with Crippen molar-refractivity contribution in [2.24, 2.45) is 5.10 Å². The fourth-order valence-corrected chi connectivity index (χ4v) is 5.94. The van der Waals surface area contributed by atoms with Gasteiger partial charge in [-0.3, -0.25) is 9.10 Å². The van der Waals surface area contributed by atoms with Crippen LogP contribution < -0.4 is 23.9 Å². The van der Waals surface area contributed by atoms with E-state index < -0.39 is 22.5 Å². The number of carbonyl (C=O) groups excluding carboxylic acids is 1. The van der Waals surface area contributed by atoms with Gasteiger partial charge in [0.05, 0.1) is 35.5 Å². The second-order valence-corrected chi connectivity index (χ2v) is 11.9. The molecule has 1 amide bonds. The molecule has 0 aromatic heterocycles. The summed E-state index contributed by atoms with van der Waals surface area (Å²) in [6.45, 7) is -0.201. The number of hydrogen-bond donors (Lipinski definition) is 1. The predicted octanol–water partition coefficient (Wildman–Crippen LogP) is 6.04. The Kier molecular flexibility index (Phi) is 10.5. The lowest BCUT2D eigenvalue weighted by molar-refractivity contribution is -0.119. The van der Waals surface area contributed by atoms with Crippen molar-refractivity contribution < 1.29 is 27.4 Å². The molecule has 0 bridgehead atoms. The van der Waals surface area contributed by atoms with Gasteiger partial charge in [0.25, 0.3) is 15.9 Å². The van der Waals surface area contributed by atoms with Crippen molar-refractivity contribution in [1.29, 1.82) is 0 Å². The van der Waals surface area contributed by atoms with Crippen LogP contribution >= 0.6 is 27.5 Å². The second kappa shape index (κ2) is 14.2. The number of sulfonamides is 1. The van der Waals surface area contributed by atoms with E-state index in [4.69, 9.17) is 25.8 Å². The van der Waals surface area contributed by atoms with E-state index in [1.54, 1.807) is 66.7 Å². The van der Waals surface area contributed by atoms with Gasteiger partial charge in [0, 0.05) is 5.02 Å². The monoisotopic (exact) mass is 671 g/mol. The summed E-state index contributed by atoms with van der Waals surface area (Å²) in [6.07, 6.45) is 1.42. The quantitative estimate of drug-likeness (QED) is 0.145. The summed E-state index contributed by atoms with van der Waals surface area (Å²) in [6, 6.07) is 25.0. The van der Waals surface area contributed by atoms with E-state index in [0.717, 1.165) is 9.87 Å². The van der Waals surface area contributed by atoms with Crippen LogP contribution in [0.15, 0.2) is 105 Å². The zero-order valence-corrected chi connectivity index (χ0v) is 25.8. The van der Waals surface area contributed by atoms with Crippen LogP contribution in [-0.4, -0.2) is 41.3 Å². The maximum Gasteiger partial charge on any atom is 0.264 e. The second-order valence-electron chi connectivity index (χ2n) is 8.77. The number of hydrazone groups is 1. The van der Waals surface area contributed by atoms with Crippen molar-refractivity contribution in [3.63, 3.8) is 0 Å². The third-order valence-electron chi connectivity index (χ3n) is 5.93. The molecule has 0 aliphatic rings. The largest absolute Gasteiger partial charge is 0.497 e. The molecule has 0 spiro atoms. The molecular formula is C30H27BrClN3O6S. The summed E-state index contributed by atoms with van der Waals surface area (Å²) in [5.74, 6) is 0.820. The average molecular weight is 673 g/mol. The molecule has 1 N–H and O–H groups in total. The van der Waals surface area contributed by atoms with Crippen molar-refractivity contribution in [3.8, 4) is 17.2 Å². The molecular weight excluding hydrogens is 646 g/mol. The van der Waals surface area contributed by atoms with Crippen molar-refractivity contribution in [1.82, 2.24) is 5.43 Å². The van der Waals surface area contributed by atoms with E-state index in [-0.39, 0.29) is 4.90 Å². The van der Waals surface area contributed by atoms with E-state index in [1.165, 1.54) is 32.6 Å². The zero-order valence-electron chi connectivity index (χ0n) is 22.7. The van der Waals surface area contributed by atoms with E-state index >= 15 is 0 Å². The number of hydrogen-bond acceptors (Lipinski definition) is 7. The average Bonchev–Trinajstić information content (AvgIpc) is 3.00. The number of methoxy groups -OCH3 is 2. The van der Waals surface area contributed by atoms with E-state index in [0.29, 0.717) is 44.6 Å². The highest BCUT2D eigenvalue weighted by molar-refractivity contribution is 9.10. The van der Waals surface area contributed by atoms with Gasteiger partial charge in [-0.1, -0.05) is 41.9 Å². The normalized spacial score (nSPS) is 11.2. The smallest absolute Gasteiger partial charge is 0.264 e. The van der Waals surface area contributed by atoms with Crippen LogP contribution in [-0.2, 0) is 21.4 Å². The third kappa shape index (κ3) is 7.81. The number of ether oxygens (including phenoxy) is 3. The maximum absolute atomic E-state index is 13.5. The first kappa shape index (κ1) is 30.9. The minimum absolute atomic E-state index is 0.0128. The number of halogens is 2. The number of benzene rings is 4. The molecule has 0 aliphatic carbocycles. The molecule has 0 heterocycles. The first-order valence-corrected chi connectivity index (χ1v) is 15.1. The molecule has 0 unspecified atom stereocenters. The van der Waals surface area contributed by atoms with Crippen LogP contribution in [0.1, 0.15) is 11.1 Å². The fraction of sp³-hybridized carbons (Fsp3) is 0.133. The molecule has 0 atom stereocenters. The summed E-state index contributed by atoms with van der Waals surface area (Å²) < 4.78 is 45.2. The lowest BCUT2D eigenvalue weighted by Crippen LogP contribution is -2.39.